The summed E-state index contributed by atoms with van der Waals surface area (Å²) in [7, 11) is -4.78. The van der Waals surface area contributed by atoms with E-state index in [-0.39, 0.29) is 22.0 Å². The van der Waals surface area contributed by atoms with Gasteiger partial charge in [-0.3, -0.25) is 4.79 Å². The van der Waals surface area contributed by atoms with Crippen molar-refractivity contribution >= 4 is 39.1 Å². The number of aromatic nitrogens is 3. The fourth-order valence-corrected chi connectivity index (χ4v) is 4.37. The number of carbonyl (C=O) groups excluding carboxylic acids is 1. The molecule has 0 saturated carbocycles. The molecule has 3 aromatic rings. The van der Waals surface area contributed by atoms with Crippen molar-refractivity contribution in [2.24, 2.45) is 0 Å². The van der Waals surface area contributed by atoms with Gasteiger partial charge in [-0.15, -0.1) is 5.10 Å². The summed E-state index contributed by atoms with van der Waals surface area (Å²) in [6, 6.07) is 7.85. The Balaban J connectivity index is 1.94. The zero-order valence-electron chi connectivity index (χ0n) is 15.8. The van der Waals surface area contributed by atoms with Crippen LogP contribution in [0.3, 0.4) is 0 Å². The molecular formula is C18H10Cl2F3N5O3S. The Morgan fingerprint density at radius 3 is 2.44 bits per heavy atom. The first-order valence-electron chi connectivity index (χ1n) is 8.41. The van der Waals surface area contributed by atoms with Crippen LogP contribution < -0.4 is 4.72 Å². The first kappa shape index (κ1) is 23.5. The molecule has 0 aliphatic heterocycles. The van der Waals surface area contributed by atoms with E-state index in [0.717, 1.165) is 10.7 Å². The summed E-state index contributed by atoms with van der Waals surface area (Å²) >= 11 is 11.9. The molecule has 0 aliphatic rings. The quantitative estimate of drug-likeness (QED) is 0.576. The molecule has 8 nitrogen and oxygen atoms in total. The van der Waals surface area contributed by atoms with Gasteiger partial charge in [0.2, 0.25) is 0 Å². The molecule has 32 heavy (non-hydrogen) atoms. The molecule has 0 unspecified atom stereocenters. The fraction of sp³-hybridized carbons (Fsp3) is 0.111. The number of hydrogen-bond acceptors (Lipinski definition) is 6. The van der Waals surface area contributed by atoms with Crippen molar-refractivity contribution in [2.75, 3.05) is 0 Å². The second-order valence-electron chi connectivity index (χ2n) is 6.29. The van der Waals surface area contributed by atoms with Gasteiger partial charge in [-0.05, 0) is 43.3 Å². The molecule has 166 valence electrons. The Labute approximate surface area is 189 Å². The minimum Gasteiger partial charge on any atom is -0.266 e. The van der Waals surface area contributed by atoms with E-state index in [2.05, 4.69) is 10.3 Å². The summed E-state index contributed by atoms with van der Waals surface area (Å²) in [6.45, 7) is 1.40. The van der Waals surface area contributed by atoms with Gasteiger partial charge in [-0.2, -0.15) is 18.4 Å². The number of benzene rings is 2. The SMILES string of the molecule is Cc1c(C(=O)NS(=O)(=O)c2cc(C(F)(F)F)ccc2Cl)nnn1-c1ccc(C#N)cc1Cl. The van der Waals surface area contributed by atoms with Crippen LogP contribution in [-0.4, -0.2) is 29.3 Å². The molecule has 3 rings (SSSR count). The lowest BCUT2D eigenvalue weighted by Crippen LogP contribution is -2.31. The van der Waals surface area contributed by atoms with E-state index < -0.39 is 43.3 Å². The van der Waals surface area contributed by atoms with E-state index >= 15 is 0 Å². The van der Waals surface area contributed by atoms with Gasteiger partial charge >= 0.3 is 6.18 Å². The molecule has 0 atom stereocenters. The highest BCUT2D eigenvalue weighted by atomic mass is 35.5. The van der Waals surface area contributed by atoms with Gasteiger partial charge in [-0.25, -0.2) is 17.8 Å². The Morgan fingerprint density at radius 2 is 1.84 bits per heavy atom. The second kappa shape index (κ2) is 8.42. The van der Waals surface area contributed by atoms with Crippen LogP contribution in [0.5, 0.6) is 0 Å². The van der Waals surface area contributed by atoms with E-state index in [1.54, 1.807) is 4.72 Å². The van der Waals surface area contributed by atoms with Crippen LogP contribution >= 0.6 is 23.2 Å². The van der Waals surface area contributed by atoms with Crippen molar-refractivity contribution in [1.82, 2.24) is 19.7 Å². The zero-order valence-corrected chi connectivity index (χ0v) is 18.1. The summed E-state index contributed by atoms with van der Waals surface area (Å²) in [6.07, 6.45) is -4.82. The maximum absolute atomic E-state index is 12.9. The van der Waals surface area contributed by atoms with E-state index in [9.17, 15) is 26.4 Å². The number of halogens is 5. The van der Waals surface area contributed by atoms with E-state index in [0.29, 0.717) is 12.1 Å². The Morgan fingerprint density at radius 1 is 1.16 bits per heavy atom. The minimum atomic E-state index is -4.82. The third-order valence-electron chi connectivity index (χ3n) is 4.19. The number of sulfonamides is 1. The molecule has 0 fully saturated rings. The van der Waals surface area contributed by atoms with Crippen LogP contribution in [0.2, 0.25) is 10.0 Å². The Bertz CT molecular complexity index is 1380. The van der Waals surface area contributed by atoms with Gasteiger partial charge in [0, 0.05) is 0 Å². The summed E-state index contributed by atoms with van der Waals surface area (Å²) in [5, 5.41) is 15.9. The fourth-order valence-electron chi connectivity index (χ4n) is 2.63. The van der Waals surface area contributed by atoms with Crippen molar-refractivity contribution in [1.29, 1.82) is 5.26 Å². The molecule has 14 heteroatoms. The van der Waals surface area contributed by atoms with E-state index in [1.807, 2.05) is 6.07 Å². The average Bonchev–Trinajstić information content (AvgIpc) is 3.08. The van der Waals surface area contributed by atoms with Crippen molar-refractivity contribution in [3.63, 3.8) is 0 Å². The average molecular weight is 504 g/mol. The van der Waals surface area contributed by atoms with Crippen molar-refractivity contribution in [3.8, 4) is 11.8 Å². The summed E-state index contributed by atoms with van der Waals surface area (Å²) in [5.41, 5.74) is -1.05. The van der Waals surface area contributed by atoms with Crippen molar-refractivity contribution in [2.45, 2.75) is 18.0 Å². The number of hydrogen-bond donors (Lipinski definition) is 1. The highest BCUT2D eigenvalue weighted by Crippen LogP contribution is 2.33. The van der Waals surface area contributed by atoms with Crippen LogP contribution in [0.4, 0.5) is 13.2 Å². The second-order valence-corrected chi connectivity index (χ2v) is 8.76. The zero-order chi connectivity index (χ0) is 23.8. The Hall–Kier alpha value is -3.14. The topological polar surface area (TPSA) is 118 Å². The predicted octanol–water partition coefficient (Wildman–Crippen LogP) is 3.89. The molecule has 1 heterocycles. The first-order chi connectivity index (χ1) is 14.8. The molecule has 0 bridgehead atoms. The molecule has 0 saturated heterocycles. The third-order valence-corrected chi connectivity index (χ3v) is 6.31. The first-order valence-corrected chi connectivity index (χ1v) is 10.7. The van der Waals surface area contributed by atoms with Gasteiger partial charge in [-0.1, -0.05) is 28.4 Å². The lowest BCUT2D eigenvalue weighted by Gasteiger charge is -2.11. The van der Waals surface area contributed by atoms with Gasteiger partial charge in [0.05, 0.1) is 38.6 Å². The summed E-state index contributed by atoms with van der Waals surface area (Å²) in [4.78, 5) is 11.6. The summed E-state index contributed by atoms with van der Waals surface area (Å²) in [5.74, 6) is -1.24. The molecule has 1 aromatic heterocycles. The third kappa shape index (κ3) is 4.55. The van der Waals surface area contributed by atoms with Crippen LogP contribution in [0, 0.1) is 18.3 Å². The predicted molar refractivity (Wildman–Crippen MR) is 107 cm³/mol. The molecule has 0 aliphatic carbocycles. The van der Waals surface area contributed by atoms with Crippen LogP contribution in [0.15, 0.2) is 41.3 Å². The van der Waals surface area contributed by atoms with E-state index in [4.69, 9.17) is 28.5 Å². The molecule has 1 amide bonds. The lowest BCUT2D eigenvalue weighted by molar-refractivity contribution is -0.137. The smallest absolute Gasteiger partial charge is 0.266 e. The monoisotopic (exact) mass is 503 g/mol. The number of alkyl halides is 3. The van der Waals surface area contributed by atoms with Gasteiger partial charge in [0.1, 0.15) is 4.90 Å². The number of nitrogens with one attached hydrogen (secondary N) is 1. The van der Waals surface area contributed by atoms with Crippen molar-refractivity contribution in [3.05, 3.63) is 69.0 Å². The maximum atomic E-state index is 12.9. The molecular weight excluding hydrogens is 494 g/mol. The van der Waals surface area contributed by atoms with E-state index in [1.165, 1.54) is 25.1 Å². The Kier molecular flexibility index (Phi) is 6.19. The number of rotatable bonds is 4. The highest BCUT2D eigenvalue weighted by Gasteiger charge is 2.33. The number of nitriles is 1. The molecule has 1 N–H and O–H groups in total. The van der Waals surface area contributed by atoms with Gasteiger partial charge in [0.15, 0.2) is 5.69 Å². The van der Waals surface area contributed by atoms with Crippen LogP contribution in [0.25, 0.3) is 5.69 Å². The highest BCUT2D eigenvalue weighted by molar-refractivity contribution is 7.90. The summed E-state index contributed by atoms with van der Waals surface area (Å²) < 4.78 is 66.7. The number of nitrogens with zero attached hydrogens (tertiary/aromatic N) is 4. The lowest BCUT2D eigenvalue weighted by atomic mass is 10.2. The molecule has 2 aromatic carbocycles. The molecule has 0 spiro atoms. The minimum absolute atomic E-state index is 0.0828. The van der Waals surface area contributed by atoms with Crippen LogP contribution in [0.1, 0.15) is 27.3 Å². The number of carbonyl (C=O) groups is 1. The van der Waals surface area contributed by atoms with Crippen molar-refractivity contribution < 1.29 is 26.4 Å². The maximum Gasteiger partial charge on any atom is 0.416 e. The van der Waals surface area contributed by atoms with Crippen LogP contribution in [-0.2, 0) is 16.2 Å². The van der Waals surface area contributed by atoms with Gasteiger partial charge < -0.3 is 0 Å². The molecule has 0 radical (unpaired) electrons. The standard InChI is InChI=1S/C18H10Cl2F3N5O3S/c1-9-16(25-27-28(9)14-5-2-10(8-24)6-13(14)20)17(29)26-32(30,31)15-7-11(18(21,22)23)3-4-12(15)19/h2-7H,1H3,(H,26,29). The normalized spacial score (nSPS) is 11.8. The largest absolute Gasteiger partial charge is 0.416 e. The number of amides is 1. The van der Waals surface area contributed by atoms with Gasteiger partial charge in [0.25, 0.3) is 15.9 Å².